The van der Waals surface area contributed by atoms with Gasteiger partial charge in [0, 0.05) is 20.3 Å². The molecule has 0 aliphatic heterocycles. The number of amides is 2. The Bertz CT molecular complexity index is 1230. The summed E-state index contributed by atoms with van der Waals surface area (Å²) in [7, 11) is -2.64. The molecule has 2 amide bonds. The fraction of sp³-hybridized carbons (Fsp3) is 0.217. The molecule has 1 heterocycles. The van der Waals surface area contributed by atoms with Crippen molar-refractivity contribution in [2.24, 2.45) is 0 Å². The Hall–Kier alpha value is -3.28. The lowest BCUT2D eigenvalue weighted by atomic mass is 10.1. The Balaban J connectivity index is 1.83. The number of nitrogens with zero attached hydrogens (tertiary/aromatic N) is 1. The second-order valence-electron chi connectivity index (χ2n) is 7.09. The Labute approximate surface area is 201 Å². The van der Waals surface area contributed by atoms with Gasteiger partial charge in [0.2, 0.25) is 5.91 Å². The third-order valence-corrected chi connectivity index (χ3v) is 7.84. The van der Waals surface area contributed by atoms with E-state index >= 15 is 0 Å². The number of carbonyl (C=O) groups is 2. The third-order valence-electron chi connectivity index (χ3n) is 4.70. The number of benzene rings is 2. The number of hydrogen-bond donors (Lipinski definition) is 2. The van der Waals surface area contributed by atoms with Crippen LogP contribution in [0, 0.1) is 5.82 Å². The molecule has 0 radical (unpaired) electrons. The van der Waals surface area contributed by atoms with Crippen LogP contribution in [0.4, 0.5) is 15.8 Å². The van der Waals surface area contributed by atoms with Gasteiger partial charge < -0.3 is 15.4 Å². The highest BCUT2D eigenvalue weighted by atomic mass is 32.2. The Morgan fingerprint density at radius 2 is 1.79 bits per heavy atom. The number of nitrogens with one attached hydrogen (secondary N) is 2. The number of para-hydroxylation sites is 2. The van der Waals surface area contributed by atoms with Gasteiger partial charge in [-0.05, 0) is 42.1 Å². The number of rotatable bonds is 11. The first-order chi connectivity index (χ1) is 16.3. The van der Waals surface area contributed by atoms with Crippen molar-refractivity contribution in [3.05, 3.63) is 77.4 Å². The van der Waals surface area contributed by atoms with Crippen molar-refractivity contribution in [1.82, 2.24) is 5.32 Å². The molecule has 2 N–H and O–H groups in total. The largest absolute Gasteiger partial charge is 0.385 e. The Morgan fingerprint density at radius 3 is 2.50 bits per heavy atom. The molecule has 3 aromatic rings. The quantitative estimate of drug-likeness (QED) is 0.388. The summed E-state index contributed by atoms with van der Waals surface area (Å²) in [5.41, 5.74) is 0.167. The van der Waals surface area contributed by atoms with E-state index in [1.165, 1.54) is 36.4 Å². The van der Waals surface area contributed by atoms with Gasteiger partial charge in [0.1, 0.15) is 16.6 Å². The van der Waals surface area contributed by atoms with Crippen molar-refractivity contribution >= 4 is 44.5 Å². The molecule has 0 atom stereocenters. The molecule has 8 nitrogen and oxygen atoms in total. The molecule has 0 saturated heterocycles. The molecule has 0 fully saturated rings. The van der Waals surface area contributed by atoms with Crippen LogP contribution < -0.4 is 14.9 Å². The highest BCUT2D eigenvalue weighted by Gasteiger charge is 2.30. The fourth-order valence-electron chi connectivity index (χ4n) is 3.10. The van der Waals surface area contributed by atoms with Crippen molar-refractivity contribution in [3.8, 4) is 0 Å². The van der Waals surface area contributed by atoms with E-state index in [0.717, 1.165) is 21.7 Å². The lowest BCUT2D eigenvalue weighted by molar-refractivity contribution is -0.114. The predicted molar refractivity (Wildman–Crippen MR) is 129 cm³/mol. The molecule has 3 rings (SSSR count). The van der Waals surface area contributed by atoms with E-state index in [1.807, 2.05) is 0 Å². The average molecular weight is 506 g/mol. The maximum absolute atomic E-state index is 14.5. The van der Waals surface area contributed by atoms with Gasteiger partial charge in [-0.3, -0.25) is 13.9 Å². The van der Waals surface area contributed by atoms with Crippen molar-refractivity contribution < 1.29 is 27.1 Å². The van der Waals surface area contributed by atoms with Gasteiger partial charge in [-0.1, -0.05) is 30.3 Å². The van der Waals surface area contributed by atoms with Gasteiger partial charge in [0.05, 0.1) is 16.9 Å². The smallest absolute Gasteiger partial charge is 0.274 e. The van der Waals surface area contributed by atoms with Gasteiger partial charge in [-0.15, -0.1) is 11.3 Å². The van der Waals surface area contributed by atoms with E-state index in [-0.39, 0.29) is 21.1 Å². The second kappa shape index (κ2) is 11.7. The number of halogens is 1. The van der Waals surface area contributed by atoms with Crippen LogP contribution in [0.1, 0.15) is 16.8 Å². The number of sulfonamides is 1. The summed E-state index contributed by atoms with van der Waals surface area (Å²) in [6.07, 6.45) is 0.620. The molecule has 0 saturated carbocycles. The van der Waals surface area contributed by atoms with E-state index in [1.54, 1.807) is 30.7 Å². The summed E-state index contributed by atoms with van der Waals surface area (Å²) >= 11 is 0.962. The molecule has 34 heavy (non-hydrogen) atoms. The van der Waals surface area contributed by atoms with Crippen LogP contribution in [0.25, 0.3) is 0 Å². The lowest BCUT2D eigenvalue weighted by Gasteiger charge is -2.24. The number of thiophene rings is 1. The minimum atomic E-state index is -4.20. The summed E-state index contributed by atoms with van der Waals surface area (Å²) in [5.74, 6) is -1.92. The number of methoxy groups -OCH3 is 1. The van der Waals surface area contributed by atoms with E-state index < -0.39 is 34.2 Å². The van der Waals surface area contributed by atoms with Gasteiger partial charge in [-0.25, -0.2) is 12.8 Å². The zero-order chi connectivity index (χ0) is 24.6. The average Bonchev–Trinajstić information content (AvgIpc) is 3.37. The summed E-state index contributed by atoms with van der Waals surface area (Å²) in [6.45, 7) is 0.184. The van der Waals surface area contributed by atoms with Crippen LogP contribution in [-0.4, -0.2) is 47.0 Å². The normalized spacial score (nSPS) is 11.1. The third kappa shape index (κ3) is 6.19. The molecule has 0 unspecified atom stereocenters. The van der Waals surface area contributed by atoms with Crippen LogP contribution in [0.15, 0.2) is 70.3 Å². The molecule has 180 valence electrons. The highest BCUT2D eigenvalue weighted by Crippen LogP contribution is 2.28. The second-order valence-corrected chi connectivity index (χ2v) is 10.1. The molecule has 0 aliphatic rings. The first-order valence-electron chi connectivity index (χ1n) is 10.3. The molecule has 11 heteroatoms. The summed E-state index contributed by atoms with van der Waals surface area (Å²) in [4.78, 5) is 25.5. The van der Waals surface area contributed by atoms with Gasteiger partial charge in [-0.2, -0.15) is 0 Å². The fourth-order valence-corrected chi connectivity index (χ4v) is 5.63. The maximum Gasteiger partial charge on any atom is 0.274 e. The molecule has 0 spiro atoms. The molecule has 2 aromatic carbocycles. The van der Waals surface area contributed by atoms with Crippen molar-refractivity contribution in [3.63, 3.8) is 0 Å². The number of hydrogen-bond acceptors (Lipinski definition) is 6. The lowest BCUT2D eigenvalue weighted by Crippen LogP contribution is -2.38. The molecular formula is C23H24FN3O5S2. The Morgan fingerprint density at radius 1 is 1.06 bits per heavy atom. The van der Waals surface area contributed by atoms with Gasteiger partial charge in [0.25, 0.3) is 15.9 Å². The first kappa shape index (κ1) is 25.3. The van der Waals surface area contributed by atoms with Crippen LogP contribution in [0.5, 0.6) is 0 Å². The predicted octanol–water partition coefficient (Wildman–Crippen LogP) is 3.49. The van der Waals surface area contributed by atoms with Crippen LogP contribution >= 0.6 is 11.3 Å². The summed E-state index contributed by atoms with van der Waals surface area (Å²) in [6, 6.07) is 14.6. The Kier molecular flexibility index (Phi) is 8.74. The van der Waals surface area contributed by atoms with Crippen LogP contribution in [0.2, 0.25) is 0 Å². The van der Waals surface area contributed by atoms with E-state index in [9.17, 15) is 22.4 Å². The molecule has 0 bridgehead atoms. The zero-order valence-electron chi connectivity index (χ0n) is 18.4. The van der Waals surface area contributed by atoms with Crippen LogP contribution in [-0.2, 0) is 19.6 Å². The van der Waals surface area contributed by atoms with Gasteiger partial charge >= 0.3 is 0 Å². The summed E-state index contributed by atoms with van der Waals surface area (Å²) < 4.78 is 46.6. The standard InChI is InChI=1S/C23H24FN3O5S2/c1-32-14-7-13-25-23(29)17-8-2-4-10-19(17)26-21(28)16-27(20-11-5-3-9-18(20)24)34(30,31)22-12-6-15-33-22/h2-6,8-12,15H,7,13-14,16H2,1H3,(H,25,29)(H,26,28). The first-order valence-corrected chi connectivity index (χ1v) is 12.6. The monoisotopic (exact) mass is 505 g/mol. The van der Waals surface area contributed by atoms with E-state index in [4.69, 9.17) is 4.74 Å². The summed E-state index contributed by atoms with van der Waals surface area (Å²) in [5, 5.41) is 6.90. The number of anilines is 2. The SMILES string of the molecule is COCCCNC(=O)c1ccccc1NC(=O)CN(c1ccccc1F)S(=O)(=O)c1cccs1. The van der Waals surface area contributed by atoms with E-state index in [2.05, 4.69) is 10.6 Å². The highest BCUT2D eigenvalue weighted by molar-refractivity contribution is 7.94. The molecular weight excluding hydrogens is 481 g/mol. The van der Waals surface area contributed by atoms with Crippen molar-refractivity contribution in [1.29, 1.82) is 0 Å². The van der Waals surface area contributed by atoms with E-state index in [0.29, 0.717) is 19.6 Å². The molecule has 1 aromatic heterocycles. The topological polar surface area (TPSA) is 105 Å². The van der Waals surface area contributed by atoms with Gasteiger partial charge in [0.15, 0.2) is 0 Å². The molecule has 0 aliphatic carbocycles. The van der Waals surface area contributed by atoms with Crippen LogP contribution in [0.3, 0.4) is 0 Å². The zero-order valence-corrected chi connectivity index (χ0v) is 20.0. The van der Waals surface area contributed by atoms with Crippen molar-refractivity contribution in [2.75, 3.05) is 36.4 Å². The maximum atomic E-state index is 14.5. The number of ether oxygens (including phenoxy) is 1. The minimum Gasteiger partial charge on any atom is -0.385 e. The minimum absolute atomic E-state index is 0.0283. The van der Waals surface area contributed by atoms with Crippen molar-refractivity contribution in [2.45, 2.75) is 10.6 Å². The number of carbonyl (C=O) groups excluding carboxylic acids is 2.